The van der Waals surface area contributed by atoms with Crippen LogP contribution < -0.4 is 5.56 Å². The molecule has 4 heteroatoms. The first-order chi connectivity index (χ1) is 9.81. The van der Waals surface area contributed by atoms with E-state index >= 15 is 0 Å². The van der Waals surface area contributed by atoms with Gasteiger partial charge in [-0.05, 0) is 50.5 Å². The third kappa shape index (κ3) is 2.89. The Morgan fingerprint density at radius 3 is 2.33 bits per heavy atom. The van der Waals surface area contributed by atoms with Crippen molar-refractivity contribution in [3.05, 3.63) is 68.1 Å². The average Bonchev–Trinajstić information content (AvgIpc) is 2.35. The molecule has 2 rings (SSSR count). The predicted molar refractivity (Wildman–Crippen MR) is 82.2 cm³/mol. The summed E-state index contributed by atoms with van der Waals surface area (Å²) >= 11 is 0. The maximum absolute atomic E-state index is 12.4. The van der Waals surface area contributed by atoms with Crippen LogP contribution in [-0.2, 0) is 6.54 Å². The predicted octanol–water partition coefficient (Wildman–Crippen LogP) is 2.83. The Balaban J connectivity index is 2.57. The maximum Gasteiger partial charge on any atom is 0.341 e. The Hall–Kier alpha value is -2.36. The highest BCUT2D eigenvalue weighted by Gasteiger charge is 2.16. The number of hydrogen-bond donors (Lipinski definition) is 1. The summed E-state index contributed by atoms with van der Waals surface area (Å²) in [6.07, 6.45) is 0. The lowest BCUT2D eigenvalue weighted by molar-refractivity contribution is 0.0693. The second-order valence-corrected chi connectivity index (χ2v) is 5.47. The van der Waals surface area contributed by atoms with Crippen molar-refractivity contribution in [2.24, 2.45) is 0 Å². The Labute approximate surface area is 123 Å². The van der Waals surface area contributed by atoms with Gasteiger partial charge < -0.3 is 9.67 Å². The zero-order valence-electron chi connectivity index (χ0n) is 12.7. The van der Waals surface area contributed by atoms with Gasteiger partial charge in [-0.1, -0.05) is 23.8 Å². The van der Waals surface area contributed by atoms with Crippen molar-refractivity contribution in [2.75, 3.05) is 0 Å². The van der Waals surface area contributed by atoms with Crippen LogP contribution in [0.4, 0.5) is 0 Å². The van der Waals surface area contributed by atoms with Crippen molar-refractivity contribution in [1.82, 2.24) is 4.57 Å². The van der Waals surface area contributed by atoms with E-state index < -0.39 is 11.5 Å². The lowest BCUT2D eigenvalue weighted by Crippen LogP contribution is -2.29. The van der Waals surface area contributed by atoms with Crippen molar-refractivity contribution >= 4 is 5.97 Å². The second-order valence-electron chi connectivity index (χ2n) is 5.47. The molecule has 0 aliphatic heterocycles. The quantitative estimate of drug-likeness (QED) is 0.943. The van der Waals surface area contributed by atoms with Gasteiger partial charge in [-0.3, -0.25) is 4.79 Å². The van der Waals surface area contributed by atoms with E-state index in [1.54, 1.807) is 13.0 Å². The highest BCUT2D eigenvalue weighted by Crippen LogP contribution is 2.14. The number of pyridine rings is 1. The monoisotopic (exact) mass is 285 g/mol. The van der Waals surface area contributed by atoms with Crippen LogP contribution >= 0.6 is 0 Å². The molecule has 21 heavy (non-hydrogen) atoms. The average molecular weight is 285 g/mol. The SMILES string of the molecule is Cc1ccc(Cn2c(C)cc(C)c(C(=O)O)c2=O)c(C)c1. The number of aromatic carboxylic acids is 1. The molecule has 1 aromatic heterocycles. The molecule has 1 aromatic carbocycles. The van der Waals surface area contributed by atoms with Crippen LogP contribution in [0.25, 0.3) is 0 Å². The number of aromatic nitrogens is 1. The lowest BCUT2D eigenvalue weighted by atomic mass is 10.0. The first kappa shape index (κ1) is 15.0. The van der Waals surface area contributed by atoms with E-state index in [1.807, 2.05) is 32.9 Å². The summed E-state index contributed by atoms with van der Waals surface area (Å²) in [4.78, 5) is 23.7. The molecule has 1 N–H and O–H groups in total. The van der Waals surface area contributed by atoms with E-state index in [-0.39, 0.29) is 5.56 Å². The number of nitrogens with zero attached hydrogens (tertiary/aromatic N) is 1. The summed E-state index contributed by atoms with van der Waals surface area (Å²) in [6, 6.07) is 7.78. The van der Waals surface area contributed by atoms with Gasteiger partial charge in [0.1, 0.15) is 5.56 Å². The summed E-state index contributed by atoms with van der Waals surface area (Å²) in [5.74, 6) is -1.17. The minimum atomic E-state index is -1.17. The van der Waals surface area contributed by atoms with Crippen LogP contribution in [0, 0.1) is 27.7 Å². The fourth-order valence-corrected chi connectivity index (χ4v) is 2.58. The Morgan fingerprint density at radius 2 is 1.76 bits per heavy atom. The molecule has 2 aromatic rings. The molecule has 0 aliphatic rings. The molecule has 0 saturated carbocycles. The number of aryl methyl sites for hydroxylation is 4. The lowest BCUT2D eigenvalue weighted by Gasteiger charge is -2.14. The fraction of sp³-hybridized carbons (Fsp3) is 0.294. The molecule has 0 bridgehead atoms. The third-order valence-corrected chi connectivity index (χ3v) is 3.74. The third-order valence-electron chi connectivity index (χ3n) is 3.74. The summed E-state index contributed by atoms with van der Waals surface area (Å²) in [7, 11) is 0. The van der Waals surface area contributed by atoms with Crippen molar-refractivity contribution in [3.63, 3.8) is 0 Å². The molecule has 110 valence electrons. The molecule has 0 atom stereocenters. The normalized spacial score (nSPS) is 10.7. The van der Waals surface area contributed by atoms with Gasteiger partial charge in [-0.25, -0.2) is 4.79 Å². The summed E-state index contributed by atoms with van der Waals surface area (Å²) in [6.45, 7) is 7.87. The highest BCUT2D eigenvalue weighted by atomic mass is 16.4. The molecule has 0 unspecified atom stereocenters. The van der Waals surface area contributed by atoms with Crippen LogP contribution in [0.15, 0.2) is 29.1 Å². The molecule has 0 radical (unpaired) electrons. The molecule has 0 amide bonds. The van der Waals surface area contributed by atoms with E-state index in [2.05, 4.69) is 6.07 Å². The molecular weight excluding hydrogens is 266 g/mol. The number of rotatable bonds is 3. The van der Waals surface area contributed by atoms with Gasteiger partial charge in [0, 0.05) is 5.69 Å². The minimum absolute atomic E-state index is 0.148. The molecule has 0 fully saturated rings. The minimum Gasteiger partial charge on any atom is -0.477 e. The van der Waals surface area contributed by atoms with E-state index in [0.717, 1.165) is 22.4 Å². The number of carbonyl (C=O) groups is 1. The number of carboxylic acids is 1. The number of carboxylic acid groups (broad SMARTS) is 1. The first-order valence-electron chi connectivity index (χ1n) is 6.81. The second kappa shape index (κ2) is 5.56. The van der Waals surface area contributed by atoms with Crippen molar-refractivity contribution in [2.45, 2.75) is 34.2 Å². The Bertz CT molecular complexity index is 772. The largest absolute Gasteiger partial charge is 0.477 e. The van der Waals surface area contributed by atoms with Gasteiger partial charge >= 0.3 is 5.97 Å². The van der Waals surface area contributed by atoms with Crippen molar-refractivity contribution in [3.8, 4) is 0 Å². The van der Waals surface area contributed by atoms with Gasteiger partial charge in [0.05, 0.1) is 6.54 Å². The smallest absolute Gasteiger partial charge is 0.341 e. The molecule has 0 saturated heterocycles. The van der Waals surface area contributed by atoms with Gasteiger partial charge in [-0.2, -0.15) is 0 Å². The summed E-state index contributed by atoms with van der Waals surface area (Å²) < 4.78 is 1.52. The van der Waals surface area contributed by atoms with E-state index in [0.29, 0.717) is 12.1 Å². The van der Waals surface area contributed by atoms with Crippen LogP contribution in [0.2, 0.25) is 0 Å². The van der Waals surface area contributed by atoms with E-state index in [9.17, 15) is 14.7 Å². The van der Waals surface area contributed by atoms with E-state index in [4.69, 9.17) is 0 Å². The highest BCUT2D eigenvalue weighted by molar-refractivity contribution is 5.88. The maximum atomic E-state index is 12.4. The zero-order valence-corrected chi connectivity index (χ0v) is 12.7. The Kier molecular flexibility index (Phi) is 3.98. The van der Waals surface area contributed by atoms with Gasteiger partial charge in [0.2, 0.25) is 0 Å². The molecular formula is C17H19NO3. The van der Waals surface area contributed by atoms with Gasteiger partial charge in [0.15, 0.2) is 0 Å². The zero-order chi connectivity index (χ0) is 15.7. The van der Waals surface area contributed by atoms with Crippen molar-refractivity contribution < 1.29 is 9.90 Å². The summed E-state index contributed by atoms with van der Waals surface area (Å²) in [5, 5.41) is 9.21. The molecule has 0 aliphatic carbocycles. The molecule has 1 heterocycles. The summed E-state index contributed by atoms with van der Waals surface area (Å²) in [5.41, 5.74) is 3.95. The van der Waals surface area contributed by atoms with Crippen LogP contribution in [0.1, 0.15) is 38.3 Å². The first-order valence-corrected chi connectivity index (χ1v) is 6.81. The number of hydrogen-bond acceptors (Lipinski definition) is 2. The van der Waals surface area contributed by atoms with Crippen molar-refractivity contribution in [1.29, 1.82) is 0 Å². The fourth-order valence-electron chi connectivity index (χ4n) is 2.58. The topological polar surface area (TPSA) is 59.3 Å². The Morgan fingerprint density at radius 1 is 1.10 bits per heavy atom. The molecule has 4 nitrogen and oxygen atoms in total. The van der Waals surface area contributed by atoms with Crippen LogP contribution in [-0.4, -0.2) is 15.6 Å². The number of benzene rings is 1. The van der Waals surface area contributed by atoms with E-state index in [1.165, 1.54) is 4.57 Å². The van der Waals surface area contributed by atoms with Gasteiger partial charge in [-0.15, -0.1) is 0 Å². The molecule has 0 spiro atoms. The van der Waals surface area contributed by atoms with Crippen LogP contribution in [0.5, 0.6) is 0 Å². The van der Waals surface area contributed by atoms with Crippen LogP contribution in [0.3, 0.4) is 0 Å². The standard InChI is InChI=1S/C17H19NO3/c1-10-5-6-14(11(2)7-10)9-18-13(4)8-12(3)15(16(18)19)17(20)21/h5-8H,9H2,1-4H3,(H,20,21). The van der Waals surface area contributed by atoms with Gasteiger partial charge in [0.25, 0.3) is 5.56 Å².